The summed E-state index contributed by atoms with van der Waals surface area (Å²) in [4.78, 5) is 2.38. The zero-order chi connectivity index (χ0) is 14.5. The molecule has 1 N–H and O–H groups in total. The highest BCUT2D eigenvalue weighted by Crippen LogP contribution is 2.26. The first-order valence-electron chi connectivity index (χ1n) is 7.23. The highest BCUT2D eigenvalue weighted by Gasteiger charge is 2.14. The van der Waals surface area contributed by atoms with Crippen LogP contribution < -0.4 is 10.2 Å². The second kappa shape index (κ2) is 6.96. The van der Waals surface area contributed by atoms with Gasteiger partial charge in [0, 0.05) is 24.1 Å². The second-order valence-electron chi connectivity index (χ2n) is 5.10. The maximum atomic E-state index is 5.44. The third-order valence-corrected chi connectivity index (χ3v) is 4.18. The molecular formula is C17H19BrN2O. The van der Waals surface area contributed by atoms with Crippen molar-refractivity contribution in [2.75, 3.05) is 36.5 Å². The predicted octanol–water partition coefficient (Wildman–Crippen LogP) is 3.90. The smallest absolute Gasteiger partial charge is 0.0642 e. The van der Waals surface area contributed by atoms with Gasteiger partial charge in [-0.05, 0) is 29.8 Å². The second-order valence-corrected chi connectivity index (χ2v) is 6.01. The number of nitrogens with one attached hydrogen (secondary N) is 1. The molecule has 0 aromatic heterocycles. The average molecular weight is 347 g/mol. The third-order valence-electron chi connectivity index (χ3n) is 3.65. The molecule has 1 heterocycles. The number of benzene rings is 2. The first kappa shape index (κ1) is 14.4. The summed E-state index contributed by atoms with van der Waals surface area (Å²) < 4.78 is 6.55. The molecule has 0 unspecified atom stereocenters. The molecule has 0 atom stereocenters. The van der Waals surface area contributed by atoms with Crippen molar-refractivity contribution in [2.45, 2.75) is 6.54 Å². The molecule has 1 fully saturated rings. The number of hydrogen-bond donors (Lipinski definition) is 1. The van der Waals surface area contributed by atoms with E-state index >= 15 is 0 Å². The van der Waals surface area contributed by atoms with Gasteiger partial charge in [-0.3, -0.25) is 0 Å². The van der Waals surface area contributed by atoms with Crippen LogP contribution in [0.25, 0.3) is 0 Å². The van der Waals surface area contributed by atoms with Crippen LogP contribution in [0.2, 0.25) is 0 Å². The van der Waals surface area contributed by atoms with Gasteiger partial charge in [0.25, 0.3) is 0 Å². The molecule has 3 rings (SSSR count). The molecule has 1 saturated heterocycles. The normalized spacial score (nSPS) is 15.0. The van der Waals surface area contributed by atoms with Crippen molar-refractivity contribution in [3.8, 4) is 0 Å². The van der Waals surface area contributed by atoms with Gasteiger partial charge in [-0.15, -0.1) is 0 Å². The fraction of sp³-hybridized carbons (Fsp3) is 0.294. The van der Waals surface area contributed by atoms with Crippen molar-refractivity contribution in [3.63, 3.8) is 0 Å². The Labute approximate surface area is 134 Å². The molecule has 1 aliphatic rings. The summed E-state index contributed by atoms with van der Waals surface area (Å²) in [6, 6.07) is 16.9. The average Bonchev–Trinajstić information content (AvgIpc) is 2.55. The number of halogens is 1. The van der Waals surface area contributed by atoms with Crippen LogP contribution in [0.4, 0.5) is 11.4 Å². The molecule has 2 aromatic rings. The van der Waals surface area contributed by atoms with Gasteiger partial charge in [0.2, 0.25) is 0 Å². The zero-order valence-corrected chi connectivity index (χ0v) is 13.5. The van der Waals surface area contributed by atoms with E-state index in [0.717, 1.165) is 37.3 Å². The largest absolute Gasteiger partial charge is 0.379 e. The van der Waals surface area contributed by atoms with E-state index in [1.54, 1.807) is 0 Å². The van der Waals surface area contributed by atoms with E-state index in [4.69, 9.17) is 4.74 Å². The van der Waals surface area contributed by atoms with Crippen molar-refractivity contribution in [1.82, 2.24) is 0 Å². The maximum Gasteiger partial charge on any atom is 0.0642 e. The number of para-hydroxylation sites is 2. The molecule has 21 heavy (non-hydrogen) atoms. The number of nitrogens with zero attached hydrogens (tertiary/aromatic N) is 1. The Balaban J connectivity index is 1.71. The summed E-state index contributed by atoms with van der Waals surface area (Å²) in [7, 11) is 0. The van der Waals surface area contributed by atoms with Crippen molar-refractivity contribution in [3.05, 3.63) is 58.6 Å². The molecule has 0 amide bonds. The molecule has 0 radical (unpaired) electrons. The summed E-state index contributed by atoms with van der Waals surface area (Å²) in [5, 5.41) is 3.55. The van der Waals surface area contributed by atoms with E-state index in [9.17, 15) is 0 Å². The number of anilines is 2. The van der Waals surface area contributed by atoms with E-state index in [0.29, 0.717) is 0 Å². The van der Waals surface area contributed by atoms with Crippen molar-refractivity contribution in [1.29, 1.82) is 0 Å². The number of hydrogen-bond acceptors (Lipinski definition) is 3. The minimum atomic E-state index is 0.807. The Morgan fingerprint density at radius 3 is 2.48 bits per heavy atom. The molecule has 0 spiro atoms. The topological polar surface area (TPSA) is 24.5 Å². The summed E-state index contributed by atoms with van der Waals surface area (Å²) >= 11 is 3.47. The van der Waals surface area contributed by atoms with Gasteiger partial charge >= 0.3 is 0 Å². The lowest BCUT2D eigenvalue weighted by Crippen LogP contribution is -2.36. The standard InChI is InChI=1S/C17H19BrN2O/c18-15-7-5-14(6-8-15)13-19-16-3-1-2-4-17(16)20-9-11-21-12-10-20/h1-8,19H,9-13H2. The minimum Gasteiger partial charge on any atom is -0.379 e. The lowest BCUT2D eigenvalue weighted by Gasteiger charge is -2.30. The van der Waals surface area contributed by atoms with E-state index in [-0.39, 0.29) is 0 Å². The Morgan fingerprint density at radius 1 is 1.00 bits per heavy atom. The van der Waals surface area contributed by atoms with Crippen LogP contribution in [-0.4, -0.2) is 26.3 Å². The lowest BCUT2D eigenvalue weighted by molar-refractivity contribution is 0.123. The Kier molecular flexibility index (Phi) is 4.78. The SMILES string of the molecule is Brc1ccc(CNc2ccccc2N2CCOCC2)cc1. The quantitative estimate of drug-likeness (QED) is 0.908. The van der Waals surface area contributed by atoms with Crippen LogP contribution in [0.1, 0.15) is 5.56 Å². The zero-order valence-electron chi connectivity index (χ0n) is 11.9. The minimum absolute atomic E-state index is 0.807. The molecule has 3 nitrogen and oxygen atoms in total. The van der Waals surface area contributed by atoms with Crippen LogP contribution in [-0.2, 0) is 11.3 Å². The van der Waals surface area contributed by atoms with E-state index in [1.165, 1.54) is 16.9 Å². The van der Waals surface area contributed by atoms with Crippen LogP contribution in [0.15, 0.2) is 53.0 Å². The molecule has 4 heteroatoms. The molecule has 2 aromatic carbocycles. The molecule has 1 aliphatic heterocycles. The van der Waals surface area contributed by atoms with Gasteiger partial charge in [-0.2, -0.15) is 0 Å². The van der Waals surface area contributed by atoms with Crippen LogP contribution in [0, 0.1) is 0 Å². The Hall–Kier alpha value is -1.52. The first-order valence-corrected chi connectivity index (χ1v) is 8.02. The first-order chi connectivity index (χ1) is 10.3. The van der Waals surface area contributed by atoms with Gasteiger partial charge in [0.15, 0.2) is 0 Å². The van der Waals surface area contributed by atoms with E-state index in [2.05, 4.69) is 74.7 Å². The molecule has 0 bridgehead atoms. The molecular weight excluding hydrogens is 328 g/mol. The maximum absolute atomic E-state index is 5.44. The van der Waals surface area contributed by atoms with Crippen LogP contribution in [0.3, 0.4) is 0 Å². The van der Waals surface area contributed by atoms with Gasteiger partial charge in [-0.1, -0.05) is 40.2 Å². The fourth-order valence-corrected chi connectivity index (χ4v) is 2.77. The third kappa shape index (κ3) is 3.77. The predicted molar refractivity (Wildman–Crippen MR) is 90.9 cm³/mol. The van der Waals surface area contributed by atoms with E-state index < -0.39 is 0 Å². The lowest BCUT2D eigenvalue weighted by atomic mass is 10.2. The molecule has 110 valence electrons. The molecule has 0 aliphatic carbocycles. The number of ether oxygens (including phenoxy) is 1. The fourth-order valence-electron chi connectivity index (χ4n) is 2.50. The summed E-state index contributed by atoms with van der Waals surface area (Å²) in [6.07, 6.45) is 0. The van der Waals surface area contributed by atoms with Crippen LogP contribution >= 0.6 is 15.9 Å². The monoisotopic (exact) mass is 346 g/mol. The summed E-state index contributed by atoms with van der Waals surface area (Å²) in [5.74, 6) is 0. The highest BCUT2D eigenvalue weighted by atomic mass is 79.9. The Morgan fingerprint density at radius 2 is 1.71 bits per heavy atom. The Bertz CT molecular complexity index is 580. The van der Waals surface area contributed by atoms with Gasteiger partial charge in [-0.25, -0.2) is 0 Å². The van der Waals surface area contributed by atoms with E-state index in [1.807, 2.05) is 0 Å². The number of rotatable bonds is 4. The number of morpholine rings is 1. The highest BCUT2D eigenvalue weighted by molar-refractivity contribution is 9.10. The molecule has 0 saturated carbocycles. The van der Waals surface area contributed by atoms with Gasteiger partial charge < -0.3 is 15.0 Å². The van der Waals surface area contributed by atoms with Crippen molar-refractivity contribution >= 4 is 27.3 Å². The van der Waals surface area contributed by atoms with Gasteiger partial charge in [0.1, 0.15) is 0 Å². The summed E-state index contributed by atoms with van der Waals surface area (Å²) in [6.45, 7) is 4.35. The van der Waals surface area contributed by atoms with Crippen molar-refractivity contribution < 1.29 is 4.74 Å². The van der Waals surface area contributed by atoms with Crippen molar-refractivity contribution in [2.24, 2.45) is 0 Å². The summed E-state index contributed by atoms with van der Waals surface area (Å²) in [5.41, 5.74) is 3.72. The van der Waals surface area contributed by atoms with Gasteiger partial charge in [0.05, 0.1) is 24.6 Å². The van der Waals surface area contributed by atoms with Crippen LogP contribution in [0.5, 0.6) is 0 Å².